The number of nitrogens with zero attached hydrogens (tertiary/aromatic N) is 2. The Bertz CT molecular complexity index is 1460. The van der Waals surface area contributed by atoms with Gasteiger partial charge in [0.05, 0.1) is 39.6 Å². The summed E-state index contributed by atoms with van der Waals surface area (Å²) in [6.45, 7) is -0.373. The summed E-state index contributed by atoms with van der Waals surface area (Å²) >= 11 is 0. The standard InChI is InChI=1S/C35H44N3O11P/c1-38(31(32(39)40)27-30-17-9-4-10-18-30)33(36)37-50(43,48-23-11-21-44-34(41)46-25-19-28-13-5-2-6-14-28)49-24-12-22-45-35(42)47-26-20-29-15-7-3-8-16-29/h2-10,13-18,31H,11-12,19-27H2,1H3,(H,39,40)(H2,36,37,43). The number of rotatable bonds is 21. The van der Waals surface area contributed by atoms with E-state index in [0.717, 1.165) is 21.6 Å². The second-order valence-electron chi connectivity index (χ2n) is 10.8. The van der Waals surface area contributed by atoms with Crippen LogP contribution in [0.2, 0.25) is 0 Å². The molecule has 0 amide bonds. The molecule has 1 atom stereocenters. The van der Waals surface area contributed by atoms with Gasteiger partial charge in [-0.1, -0.05) is 91.0 Å². The molecule has 0 heterocycles. The van der Waals surface area contributed by atoms with Gasteiger partial charge in [-0.2, -0.15) is 0 Å². The maximum absolute atomic E-state index is 13.7. The van der Waals surface area contributed by atoms with Crippen LogP contribution in [0.25, 0.3) is 0 Å². The minimum Gasteiger partial charge on any atom is -0.480 e. The smallest absolute Gasteiger partial charge is 0.480 e. The van der Waals surface area contributed by atoms with Crippen LogP contribution in [0.4, 0.5) is 9.59 Å². The monoisotopic (exact) mass is 713 g/mol. The molecule has 1 unspecified atom stereocenters. The Balaban J connectivity index is 1.50. The average molecular weight is 714 g/mol. The van der Waals surface area contributed by atoms with Crippen molar-refractivity contribution < 1.29 is 52.1 Å². The molecule has 0 spiro atoms. The summed E-state index contributed by atoms with van der Waals surface area (Å²) in [6, 6.07) is 26.8. The molecular weight excluding hydrogens is 669 g/mol. The third-order valence-corrected chi connectivity index (χ3v) is 8.51. The molecule has 0 aromatic heterocycles. The number of guanidine groups is 1. The lowest BCUT2D eigenvalue weighted by Gasteiger charge is -2.26. The lowest BCUT2D eigenvalue weighted by atomic mass is 10.1. The first-order chi connectivity index (χ1) is 24.1. The number of carboxylic acid groups (broad SMARTS) is 1. The Morgan fingerprint density at radius 1 is 0.680 bits per heavy atom. The van der Waals surface area contributed by atoms with Crippen LogP contribution in [-0.2, 0) is 56.6 Å². The summed E-state index contributed by atoms with van der Waals surface area (Å²) in [4.78, 5) is 37.1. The van der Waals surface area contributed by atoms with Crippen molar-refractivity contribution >= 4 is 32.0 Å². The van der Waals surface area contributed by atoms with Gasteiger partial charge < -0.3 is 34.7 Å². The summed E-state index contributed by atoms with van der Waals surface area (Å²) in [7, 11) is -2.93. The van der Waals surface area contributed by atoms with Gasteiger partial charge in [0.15, 0.2) is 0 Å². The van der Waals surface area contributed by atoms with Crippen molar-refractivity contribution in [1.29, 1.82) is 0 Å². The van der Waals surface area contributed by atoms with Gasteiger partial charge in [-0.3, -0.25) is 9.05 Å². The molecule has 0 bridgehead atoms. The van der Waals surface area contributed by atoms with Crippen LogP contribution in [0.15, 0.2) is 95.8 Å². The van der Waals surface area contributed by atoms with Gasteiger partial charge in [0.25, 0.3) is 0 Å². The van der Waals surface area contributed by atoms with Crippen LogP contribution in [0, 0.1) is 0 Å². The van der Waals surface area contributed by atoms with Gasteiger partial charge >= 0.3 is 26.0 Å². The topological polar surface area (TPSA) is 186 Å². The van der Waals surface area contributed by atoms with E-state index < -0.39 is 38.0 Å². The number of nitrogens with two attached hydrogens (primary N) is 1. The van der Waals surface area contributed by atoms with Crippen LogP contribution < -0.4 is 5.73 Å². The predicted octanol–water partition coefficient (Wildman–Crippen LogP) is 5.64. The van der Waals surface area contributed by atoms with Crippen molar-refractivity contribution in [1.82, 2.24) is 4.90 Å². The van der Waals surface area contributed by atoms with Crippen molar-refractivity contribution in [2.45, 2.75) is 38.1 Å². The van der Waals surface area contributed by atoms with E-state index in [0.29, 0.717) is 12.8 Å². The first-order valence-electron chi connectivity index (χ1n) is 16.1. The van der Waals surface area contributed by atoms with Gasteiger partial charge in [-0.05, 0) is 16.7 Å². The number of carbonyl (C=O) groups excluding carboxylic acids is 2. The first kappa shape index (κ1) is 39.5. The van der Waals surface area contributed by atoms with E-state index in [9.17, 15) is 24.1 Å². The summed E-state index contributed by atoms with van der Waals surface area (Å²) in [5.41, 5.74) is 8.88. The van der Waals surface area contributed by atoms with Crippen molar-refractivity contribution in [3.05, 3.63) is 108 Å². The fraction of sp³-hybridized carbons (Fsp3) is 0.371. The first-order valence-corrected chi connectivity index (χ1v) is 17.6. The zero-order valence-corrected chi connectivity index (χ0v) is 28.9. The van der Waals surface area contributed by atoms with Crippen LogP contribution >= 0.6 is 7.75 Å². The molecule has 0 aliphatic heterocycles. The summed E-state index contributed by atoms with van der Waals surface area (Å²) in [5, 5.41) is 9.88. The molecule has 3 aromatic carbocycles. The summed E-state index contributed by atoms with van der Waals surface area (Å²) < 4.78 is 48.8. The molecule has 3 aromatic rings. The molecule has 0 aliphatic carbocycles. The highest BCUT2D eigenvalue weighted by Crippen LogP contribution is 2.50. The Morgan fingerprint density at radius 2 is 1.08 bits per heavy atom. The van der Waals surface area contributed by atoms with Crippen LogP contribution in [-0.4, -0.2) is 87.0 Å². The third kappa shape index (κ3) is 15.5. The zero-order chi connectivity index (χ0) is 36.0. The van der Waals surface area contributed by atoms with Crippen LogP contribution in [0.5, 0.6) is 0 Å². The lowest BCUT2D eigenvalue weighted by molar-refractivity contribution is -0.141. The largest absolute Gasteiger partial charge is 0.508 e. The molecule has 50 heavy (non-hydrogen) atoms. The van der Waals surface area contributed by atoms with E-state index in [4.69, 9.17) is 33.7 Å². The lowest BCUT2D eigenvalue weighted by Crippen LogP contribution is -2.47. The zero-order valence-electron chi connectivity index (χ0n) is 28.0. The van der Waals surface area contributed by atoms with Gasteiger partial charge in [-0.25, -0.2) is 18.9 Å². The maximum atomic E-state index is 13.7. The molecule has 3 rings (SSSR count). The van der Waals surface area contributed by atoms with Gasteiger partial charge in [0, 0.05) is 39.2 Å². The number of aliphatic carboxylic acids is 1. The molecule has 0 fully saturated rings. The highest BCUT2D eigenvalue weighted by molar-refractivity contribution is 7.52. The average Bonchev–Trinajstić information content (AvgIpc) is 3.11. The van der Waals surface area contributed by atoms with Crippen LogP contribution in [0.3, 0.4) is 0 Å². The van der Waals surface area contributed by atoms with E-state index in [1.165, 1.54) is 7.05 Å². The minimum absolute atomic E-state index is 0.0898. The van der Waals surface area contributed by atoms with Crippen molar-refractivity contribution in [2.24, 2.45) is 10.5 Å². The SMILES string of the molecule is CN(C(N)=NP(=O)(OCCCOC(=O)OCCc1ccccc1)OCCCOC(=O)OCCc1ccccc1)C(Cc1ccccc1)C(=O)O. The second-order valence-corrected chi connectivity index (χ2v) is 12.5. The van der Waals surface area contributed by atoms with Crippen molar-refractivity contribution in [3.63, 3.8) is 0 Å². The van der Waals surface area contributed by atoms with E-state index >= 15 is 0 Å². The summed E-state index contributed by atoms with van der Waals surface area (Å²) in [5.74, 6) is -1.57. The van der Waals surface area contributed by atoms with Crippen LogP contribution in [0.1, 0.15) is 29.5 Å². The van der Waals surface area contributed by atoms with Gasteiger partial charge in [0.1, 0.15) is 6.04 Å². The Labute approximate surface area is 291 Å². The molecule has 15 heteroatoms. The second kappa shape index (κ2) is 21.9. The Kier molecular flexibility index (Phi) is 17.3. The number of hydrogen-bond acceptors (Lipinski definition) is 10. The highest BCUT2D eigenvalue weighted by Gasteiger charge is 2.30. The molecule has 0 saturated heterocycles. The number of likely N-dealkylation sites (N-methyl/N-ethyl adjacent to an activating group) is 1. The van der Waals surface area contributed by atoms with Crippen molar-refractivity contribution in [3.8, 4) is 0 Å². The number of carbonyl (C=O) groups is 3. The molecule has 270 valence electrons. The Morgan fingerprint density at radius 3 is 1.50 bits per heavy atom. The van der Waals surface area contributed by atoms with E-state index in [1.807, 2.05) is 66.7 Å². The number of hydrogen-bond donors (Lipinski definition) is 2. The van der Waals surface area contributed by atoms with E-state index in [1.54, 1.807) is 24.3 Å². The number of benzene rings is 3. The fourth-order valence-corrected chi connectivity index (χ4v) is 5.65. The van der Waals surface area contributed by atoms with E-state index in [2.05, 4.69) is 4.76 Å². The minimum atomic E-state index is -4.33. The van der Waals surface area contributed by atoms with Gasteiger partial charge in [0.2, 0.25) is 5.96 Å². The van der Waals surface area contributed by atoms with Gasteiger partial charge in [-0.15, -0.1) is 4.76 Å². The Hall–Kier alpha value is -4.91. The molecule has 3 N–H and O–H groups in total. The fourth-order valence-electron chi connectivity index (χ4n) is 4.34. The number of carboxylic acids is 1. The molecule has 0 saturated carbocycles. The molecule has 14 nitrogen and oxygen atoms in total. The molecule has 0 aliphatic rings. The highest BCUT2D eigenvalue weighted by atomic mass is 31.2. The maximum Gasteiger partial charge on any atom is 0.508 e. The molecule has 0 radical (unpaired) electrons. The number of ether oxygens (including phenoxy) is 4. The van der Waals surface area contributed by atoms with E-state index in [-0.39, 0.29) is 58.9 Å². The molecular formula is C35H44N3O11P. The predicted molar refractivity (Wildman–Crippen MR) is 185 cm³/mol. The summed E-state index contributed by atoms with van der Waals surface area (Å²) in [6.07, 6.45) is -0.357. The normalized spacial score (nSPS) is 12.1. The van der Waals surface area contributed by atoms with Crippen molar-refractivity contribution in [2.75, 3.05) is 46.7 Å². The quantitative estimate of drug-likeness (QED) is 0.0455. The third-order valence-electron chi connectivity index (χ3n) is 7.04.